The fourth-order valence-corrected chi connectivity index (χ4v) is 3.40. The molecule has 1 aromatic carbocycles. The Balaban J connectivity index is 2.34. The number of sulfonamides is 1. The van der Waals surface area contributed by atoms with Crippen LogP contribution < -0.4 is 4.74 Å². The first-order valence-electron chi connectivity index (χ1n) is 6.35. The molecule has 1 saturated carbocycles. The minimum atomic E-state index is -3.47. The molecular weight excluding hydrogens is 266 g/mol. The quantitative estimate of drug-likeness (QED) is 0.857. The average Bonchev–Trinajstić information content (AvgIpc) is 3.22. The highest BCUT2D eigenvalue weighted by atomic mass is 32.2. The van der Waals surface area contributed by atoms with Crippen LogP contribution in [0.25, 0.3) is 0 Å². The van der Waals surface area contributed by atoms with E-state index in [-0.39, 0.29) is 17.5 Å². The molecule has 19 heavy (non-hydrogen) atoms. The molecule has 0 amide bonds. The number of ether oxygens (including phenoxy) is 1. The summed E-state index contributed by atoms with van der Waals surface area (Å²) in [6.45, 7) is 2.07. The number of aliphatic hydroxyl groups is 1. The van der Waals surface area contributed by atoms with E-state index in [2.05, 4.69) is 0 Å². The SMILES string of the molecule is CCOc1ccc(S(=O)(=O)N(C)C2CC2)cc1CO. The summed E-state index contributed by atoms with van der Waals surface area (Å²) < 4.78 is 31.5. The van der Waals surface area contributed by atoms with Crippen LogP contribution in [0, 0.1) is 0 Å². The van der Waals surface area contributed by atoms with Gasteiger partial charge in [-0.1, -0.05) is 0 Å². The van der Waals surface area contributed by atoms with Crippen molar-refractivity contribution in [2.24, 2.45) is 0 Å². The molecule has 0 radical (unpaired) electrons. The zero-order chi connectivity index (χ0) is 14.0. The predicted molar refractivity (Wildman–Crippen MR) is 71.5 cm³/mol. The van der Waals surface area contributed by atoms with E-state index in [0.717, 1.165) is 12.8 Å². The zero-order valence-corrected chi connectivity index (χ0v) is 12.0. The van der Waals surface area contributed by atoms with E-state index in [1.54, 1.807) is 13.1 Å². The second kappa shape index (κ2) is 5.48. The average molecular weight is 285 g/mol. The molecule has 0 bridgehead atoms. The molecule has 0 spiro atoms. The number of rotatable bonds is 6. The molecule has 1 aliphatic carbocycles. The maximum absolute atomic E-state index is 12.4. The van der Waals surface area contributed by atoms with Crippen molar-refractivity contribution in [1.82, 2.24) is 4.31 Å². The van der Waals surface area contributed by atoms with Crippen LogP contribution in [-0.4, -0.2) is 37.5 Å². The van der Waals surface area contributed by atoms with Gasteiger partial charge in [-0.05, 0) is 38.0 Å². The first-order chi connectivity index (χ1) is 9.00. The van der Waals surface area contributed by atoms with Gasteiger partial charge in [0.1, 0.15) is 5.75 Å². The number of hydrogen-bond acceptors (Lipinski definition) is 4. The highest BCUT2D eigenvalue weighted by Crippen LogP contribution is 2.31. The summed E-state index contributed by atoms with van der Waals surface area (Å²) >= 11 is 0. The van der Waals surface area contributed by atoms with Gasteiger partial charge in [-0.3, -0.25) is 0 Å². The van der Waals surface area contributed by atoms with E-state index in [1.807, 2.05) is 6.92 Å². The molecule has 1 fully saturated rings. The molecule has 2 rings (SSSR count). The Bertz CT molecular complexity index is 552. The molecule has 0 unspecified atom stereocenters. The largest absolute Gasteiger partial charge is 0.494 e. The molecule has 1 aliphatic rings. The molecule has 0 atom stereocenters. The fourth-order valence-electron chi connectivity index (χ4n) is 1.94. The lowest BCUT2D eigenvalue weighted by atomic mass is 10.2. The van der Waals surface area contributed by atoms with Gasteiger partial charge in [-0.15, -0.1) is 0 Å². The number of hydrogen-bond donors (Lipinski definition) is 1. The highest BCUT2D eigenvalue weighted by molar-refractivity contribution is 7.89. The van der Waals surface area contributed by atoms with Gasteiger partial charge >= 0.3 is 0 Å². The Hall–Kier alpha value is -1.11. The van der Waals surface area contributed by atoms with Gasteiger partial charge in [-0.25, -0.2) is 8.42 Å². The maximum atomic E-state index is 12.4. The highest BCUT2D eigenvalue weighted by Gasteiger charge is 2.35. The van der Waals surface area contributed by atoms with Gasteiger partial charge in [-0.2, -0.15) is 4.31 Å². The molecule has 1 aromatic rings. The van der Waals surface area contributed by atoms with Gasteiger partial charge in [0.25, 0.3) is 0 Å². The van der Waals surface area contributed by atoms with Gasteiger partial charge in [0, 0.05) is 18.7 Å². The third-order valence-electron chi connectivity index (χ3n) is 3.24. The molecule has 0 aromatic heterocycles. The standard InChI is InChI=1S/C13H19NO4S/c1-3-18-13-7-6-12(8-10(13)9-15)19(16,17)14(2)11-4-5-11/h6-8,11,15H,3-5,9H2,1-2H3. The van der Waals surface area contributed by atoms with Gasteiger partial charge < -0.3 is 9.84 Å². The van der Waals surface area contributed by atoms with Crippen molar-refractivity contribution in [2.45, 2.75) is 37.3 Å². The zero-order valence-electron chi connectivity index (χ0n) is 11.2. The molecular formula is C13H19NO4S. The second-order valence-electron chi connectivity index (χ2n) is 4.61. The van der Waals surface area contributed by atoms with Crippen molar-refractivity contribution in [3.63, 3.8) is 0 Å². The smallest absolute Gasteiger partial charge is 0.243 e. The van der Waals surface area contributed by atoms with E-state index in [1.165, 1.54) is 16.4 Å². The van der Waals surface area contributed by atoms with Gasteiger partial charge in [0.2, 0.25) is 10.0 Å². The first kappa shape index (κ1) is 14.3. The topological polar surface area (TPSA) is 66.8 Å². The van der Waals surface area contributed by atoms with Crippen molar-refractivity contribution in [2.75, 3.05) is 13.7 Å². The molecule has 5 nitrogen and oxygen atoms in total. The van der Waals surface area contributed by atoms with Crippen molar-refractivity contribution in [3.8, 4) is 5.75 Å². The number of aliphatic hydroxyl groups excluding tert-OH is 1. The lowest BCUT2D eigenvalue weighted by Gasteiger charge is -2.17. The Morgan fingerprint density at radius 1 is 1.42 bits per heavy atom. The van der Waals surface area contributed by atoms with E-state index in [9.17, 15) is 13.5 Å². The van der Waals surface area contributed by atoms with Crippen LogP contribution in [0.4, 0.5) is 0 Å². The Morgan fingerprint density at radius 3 is 2.63 bits per heavy atom. The first-order valence-corrected chi connectivity index (χ1v) is 7.79. The summed E-state index contributed by atoms with van der Waals surface area (Å²) in [5.74, 6) is 0.526. The van der Waals surface area contributed by atoms with E-state index in [0.29, 0.717) is 17.9 Å². The van der Waals surface area contributed by atoms with E-state index < -0.39 is 10.0 Å². The van der Waals surface area contributed by atoms with Crippen LogP contribution >= 0.6 is 0 Å². The van der Waals surface area contributed by atoms with Crippen LogP contribution in [0.15, 0.2) is 23.1 Å². The van der Waals surface area contributed by atoms with Crippen molar-refractivity contribution >= 4 is 10.0 Å². The van der Waals surface area contributed by atoms with Crippen molar-refractivity contribution in [1.29, 1.82) is 0 Å². The predicted octanol–water partition coefficient (Wildman–Crippen LogP) is 1.36. The van der Waals surface area contributed by atoms with Crippen LogP contribution in [-0.2, 0) is 16.6 Å². The van der Waals surface area contributed by atoms with Crippen molar-refractivity contribution in [3.05, 3.63) is 23.8 Å². The van der Waals surface area contributed by atoms with E-state index >= 15 is 0 Å². The van der Waals surface area contributed by atoms with Crippen LogP contribution in [0.2, 0.25) is 0 Å². The van der Waals surface area contributed by atoms with Crippen LogP contribution in [0.3, 0.4) is 0 Å². The number of nitrogens with zero attached hydrogens (tertiary/aromatic N) is 1. The summed E-state index contributed by atoms with van der Waals surface area (Å²) in [6.07, 6.45) is 1.83. The molecule has 0 heterocycles. The second-order valence-corrected chi connectivity index (χ2v) is 6.61. The molecule has 106 valence electrons. The van der Waals surface area contributed by atoms with Crippen LogP contribution in [0.5, 0.6) is 5.75 Å². The Kier molecular flexibility index (Phi) is 4.13. The lowest BCUT2D eigenvalue weighted by Crippen LogP contribution is -2.29. The number of benzene rings is 1. The minimum absolute atomic E-state index is 0.120. The summed E-state index contributed by atoms with van der Waals surface area (Å²) in [7, 11) is -1.87. The van der Waals surface area contributed by atoms with Crippen molar-refractivity contribution < 1.29 is 18.3 Å². The van der Waals surface area contributed by atoms with Gasteiger partial charge in [0.15, 0.2) is 0 Å². The third kappa shape index (κ3) is 2.91. The monoisotopic (exact) mass is 285 g/mol. The summed E-state index contributed by atoms with van der Waals surface area (Å²) in [4.78, 5) is 0.203. The molecule has 0 saturated heterocycles. The summed E-state index contributed by atoms with van der Waals surface area (Å²) in [5.41, 5.74) is 0.493. The fraction of sp³-hybridized carbons (Fsp3) is 0.538. The Labute approximate surface area is 113 Å². The van der Waals surface area contributed by atoms with Crippen LogP contribution in [0.1, 0.15) is 25.3 Å². The maximum Gasteiger partial charge on any atom is 0.243 e. The Morgan fingerprint density at radius 2 is 2.11 bits per heavy atom. The summed E-state index contributed by atoms with van der Waals surface area (Å²) in [6, 6.07) is 4.73. The normalized spacial score (nSPS) is 15.8. The lowest BCUT2D eigenvalue weighted by molar-refractivity contribution is 0.266. The minimum Gasteiger partial charge on any atom is -0.494 e. The summed E-state index contributed by atoms with van der Waals surface area (Å²) in [5, 5.41) is 9.31. The molecule has 0 aliphatic heterocycles. The van der Waals surface area contributed by atoms with Gasteiger partial charge in [0.05, 0.1) is 18.1 Å². The molecule has 1 N–H and O–H groups in total. The third-order valence-corrected chi connectivity index (χ3v) is 5.15. The molecule has 6 heteroatoms. The van der Waals surface area contributed by atoms with E-state index in [4.69, 9.17) is 4.74 Å².